The van der Waals surface area contributed by atoms with E-state index in [1.807, 2.05) is 13.8 Å². The van der Waals surface area contributed by atoms with Crippen molar-refractivity contribution in [3.05, 3.63) is 30.0 Å². The Hall–Kier alpha value is -2.91. The lowest BCUT2D eigenvalue weighted by molar-refractivity contribution is -0.205. The van der Waals surface area contributed by atoms with Gasteiger partial charge in [0.1, 0.15) is 18.0 Å². The number of rotatable bonds is 7. The highest BCUT2D eigenvalue weighted by Crippen LogP contribution is 2.34. The Morgan fingerprint density at radius 3 is 2.83 bits per heavy atom. The van der Waals surface area contributed by atoms with Gasteiger partial charge in [-0.25, -0.2) is 4.98 Å². The van der Waals surface area contributed by atoms with Crippen LogP contribution in [0.15, 0.2) is 24.4 Å². The molecule has 30 heavy (non-hydrogen) atoms. The molecule has 2 fully saturated rings. The van der Waals surface area contributed by atoms with Crippen LogP contribution in [0.4, 0.5) is 0 Å². The number of carbonyl (C=O) groups excluding carboxylic acids is 2. The number of ether oxygens (including phenoxy) is 3. The minimum atomic E-state index is -1.09. The van der Waals surface area contributed by atoms with Gasteiger partial charge in [0.2, 0.25) is 11.8 Å². The first kappa shape index (κ1) is 20.4. The number of nitrogens with one attached hydrogen (secondary N) is 1. The van der Waals surface area contributed by atoms with Gasteiger partial charge in [0.25, 0.3) is 5.91 Å². The molecule has 0 radical (unpaired) electrons. The molecule has 1 unspecified atom stereocenters. The van der Waals surface area contributed by atoms with Gasteiger partial charge in [-0.3, -0.25) is 9.59 Å². The largest absolute Gasteiger partial charge is 0.490 e. The van der Waals surface area contributed by atoms with Crippen LogP contribution >= 0.6 is 0 Å². The van der Waals surface area contributed by atoms with Crippen molar-refractivity contribution in [3.63, 3.8) is 0 Å². The monoisotopic (exact) mass is 415 g/mol. The highest BCUT2D eigenvalue weighted by atomic mass is 16.5. The Labute approximate surface area is 173 Å². The number of pyridine rings is 1. The van der Waals surface area contributed by atoms with Crippen LogP contribution in [0.1, 0.15) is 30.6 Å². The summed E-state index contributed by atoms with van der Waals surface area (Å²) in [6, 6.07) is 4.86. The van der Waals surface area contributed by atoms with Crippen molar-refractivity contribution in [2.75, 3.05) is 19.8 Å². The predicted octanol–water partition coefficient (Wildman–Crippen LogP) is 0.766. The van der Waals surface area contributed by atoms with Crippen LogP contribution in [0.25, 0.3) is 10.8 Å². The predicted molar refractivity (Wildman–Crippen MR) is 107 cm³/mol. The zero-order chi connectivity index (χ0) is 21.5. The Kier molecular flexibility index (Phi) is 5.25. The molecule has 3 heterocycles. The Morgan fingerprint density at radius 2 is 2.20 bits per heavy atom. The number of primary amides is 1. The number of nitrogens with two attached hydrogens (primary N) is 1. The maximum Gasteiger partial charge on any atom is 0.252 e. The van der Waals surface area contributed by atoms with Crippen molar-refractivity contribution >= 4 is 22.6 Å². The van der Waals surface area contributed by atoms with Crippen molar-refractivity contribution in [2.24, 2.45) is 11.7 Å². The third-order valence-corrected chi connectivity index (χ3v) is 5.41. The maximum absolute atomic E-state index is 12.2. The quantitative estimate of drug-likeness (QED) is 0.608. The second kappa shape index (κ2) is 7.73. The Morgan fingerprint density at radius 1 is 1.43 bits per heavy atom. The topological polar surface area (TPSA) is 133 Å². The van der Waals surface area contributed by atoms with E-state index in [0.717, 1.165) is 5.39 Å². The molecule has 2 amide bonds. The fourth-order valence-corrected chi connectivity index (χ4v) is 3.85. The molecule has 2 aliphatic rings. The summed E-state index contributed by atoms with van der Waals surface area (Å²) in [4.78, 5) is 28.4. The fraction of sp³-hybridized carbons (Fsp3) is 0.476. The Bertz CT molecular complexity index is 988. The molecule has 2 aliphatic heterocycles. The molecule has 0 spiro atoms. The number of nitrogens with zero attached hydrogens (tertiary/aromatic N) is 1. The summed E-state index contributed by atoms with van der Waals surface area (Å²) < 4.78 is 16.7. The van der Waals surface area contributed by atoms with Crippen LogP contribution in [0, 0.1) is 5.92 Å². The summed E-state index contributed by atoms with van der Waals surface area (Å²) in [5.74, 6) is -0.558. The summed E-state index contributed by atoms with van der Waals surface area (Å²) in [5, 5.41) is 14.7. The lowest BCUT2D eigenvalue weighted by Crippen LogP contribution is -2.57. The third kappa shape index (κ3) is 3.78. The zero-order valence-electron chi connectivity index (χ0n) is 16.9. The smallest absolute Gasteiger partial charge is 0.252 e. The summed E-state index contributed by atoms with van der Waals surface area (Å²) in [7, 11) is 0. The highest BCUT2D eigenvalue weighted by molar-refractivity contribution is 6.01. The van der Waals surface area contributed by atoms with Crippen LogP contribution in [0.2, 0.25) is 0 Å². The summed E-state index contributed by atoms with van der Waals surface area (Å²) in [6.45, 7) is 4.25. The molecule has 4 rings (SSSR count). The fourth-order valence-electron chi connectivity index (χ4n) is 3.85. The molecule has 2 saturated heterocycles. The van der Waals surface area contributed by atoms with Crippen LogP contribution in [-0.4, -0.2) is 59.5 Å². The normalized spacial score (nSPS) is 22.6. The summed E-state index contributed by atoms with van der Waals surface area (Å²) in [5.41, 5.74) is 4.70. The number of benzene rings is 1. The molecular formula is C21H25N3O6. The standard InChI is InChI=1S/C21H25N3O6/c1-11(2)30-17-7-14-12(5-15(17)18(22)25)3-4-23-20(14)29-8-13-6-16(19(26)24-13)21(27)9-28-10-21/h3-5,7,11,13,16,27H,6,8-10H2,1-2H3,(H2,22,25)(H,24,26)/t13-,16?/m0/s1. The number of aliphatic hydroxyl groups is 1. The molecule has 9 nitrogen and oxygen atoms in total. The van der Waals surface area contributed by atoms with E-state index >= 15 is 0 Å². The number of amides is 2. The molecular weight excluding hydrogens is 390 g/mol. The van der Waals surface area contributed by atoms with Gasteiger partial charge >= 0.3 is 0 Å². The van der Waals surface area contributed by atoms with Gasteiger partial charge in [-0.15, -0.1) is 0 Å². The lowest BCUT2D eigenvalue weighted by Gasteiger charge is -2.39. The average molecular weight is 415 g/mol. The molecule has 2 aromatic rings. The summed E-state index contributed by atoms with van der Waals surface area (Å²) in [6.07, 6.45) is 1.89. The van der Waals surface area contributed by atoms with Crippen molar-refractivity contribution in [1.82, 2.24) is 10.3 Å². The molecule has 0 aliphatic carbocycles. The van der Waals surface area contributed by atoms with Gasteiger partial charge in [0.15, 0.2) is 0 Å². The van der Waals surface area contributed by atoms with E-state index in [0.29, 0.717) is 23.4 Å². The maximum atomic E-state index is 12.2. The Balaban J connectivity index is 1.54. The average Bonchev–Trinajstić information content (AvgIpc) is 3.04. The van der Waals surface area contributed by atoms with Gasteiger partial charge < -0.3 is 30.4 Å². The molecule has 4 N–H and O–H groups in total. The molecule has 1 aromatic carbocycles. The molecule has 160 valence electrons. The van der Waals surface area contributed by atoms with Crippen LogP contribution < -0.4 is 20.5 Å². The van der Waals surface area contributed by atoms with Crippen LogP contribution in [0.3, 0.4) is 0 Å². The molecule has 1 aromatic heterocycles. The van der Waals surface area contributed by atoms with Gasteiger partial charge in [-0.2, -0.15) is 0 Å². The minimum absolute atomic E-state index is 0.145. The first-order valence-corrected chi connectivity index (χ1v) is 9.89. The zero-order valence-corrected chi connectivity index (χ0v) is 16.9. The number of hydrogen-bond donors (Lipinski definition) is 3. The van der Waals surface area contributed by atoms with E-state index in [1.165, 1.54) is 0 Å². The van der Waals surface area contributed by atoms with Crippen molar-refractivity contribution < 1.29 is 28.9 Å². The number of hydrogen-bond acceptors (Lipinski definition) is 7. The molecule has 0 saturated carbocycles. The first-order chi connectivity index (χ1) is 14.3. The SMILES string of the molecule is CC(C)Oc1cc2c(OC[C@@H]3CC(C4(O)COC4)C(=O)N3)nccc2cc1C(N)=O. The van der Waals surface area contributed by atoms with Crippen molar-refractivity contribution in [1.29, 1.82) is 0 Å². The second-order valence-electron chi connectivity index (χ2n) is 8.12. The number of aromatic nitrogens is 1. The molecule has 2 atom stereocenters. The minimum Gasteiger partial charge on any atom is -0.490 e. The van der Waals surface area contributed by atoms with Crippen molar-refractivity contribution in [2.45, 2.75) is 38.0 Å². The number of fused-ring (bicyclic) bond motifs is 1. The molecule has 9 heteroatoms. The second-order valence-corrected chi connectivity index (χ2v) is 8.12. The van der Waals surface area contributed by atoms with E-state index in [2.05, 4.69) is 10.3 Å². The van der Waals surface area contributed by atoms with Crippen molar-refractivity contribution in [3.8, 4) is 11.6 Å². The summed E-state index contributed by atoms with van der Waals surface area (Å²) >= 11 is 0. The van der Waals surface area contributed by atoms with Gasteiger partial charge in [0, 0.05) is 11.6 Å². The van der Waals surface area contributed by atoms with Crippen LogP contribution in [-0.2, 0) is 9.53 Å². The van der Waals surface area contributed by atoms with Gasteiger partial charge in [0.05, 0.1) is 36.8 Å². The van der Waals surface area contributed by atoms with E-state index in [4.69, 9.17) is 19.9 Å². The van der Waals surface area contributed by atoms with E-state index in [9.17, 15) is 14.7 Å². The van der Waals surface area contributed by atoms with Crippen LogP contribution in [0.5, 0.6) is 11.6 Å². The van der Waals surface area contributed by atoms with Gasteiger partial charge in [-0.05, 0) is 43.9 Å². The first-order valence-electron chi connectivity index (χ1n) is 9.89. The van der Waals surface area contributed by atoms with Gasteiger partial charge in [-0.1, -0.05) is 0 Å². The number of carbonyl (C=O) groups is 2. The molecule has 0 bridgehead atoms. The highest BCUT2D eigenvalue weighted by Gasteiger charge is 2.51. The van der Waals surface area contributed by atoms with E-state index < -0.39 is 17.4 Å². The third-order valence-electron chi connectivity index (χ3n) is 5.41. The van der Waals surface area contributed by atoms with E-state index in [-0.39, 0.29) is 43.4 Å². The lowest BCUT2D eigenvalue weighted by atomic mass is 9.83. The van der Waals surface area contributed by atoms with E-state index in [1.54, 1.807) is 24.4 Å².